The maximum absolute atomic E-state index is 13.2. The van der Waals surface area contributed by atoms with Gasteiger partial charge in [0.25, 0.3) is 0 Å². The van der Waals surface area contributed by atoms with Crippen molar-refractivity contribution in [1.82, 2.24) is 4.98 Å². The quantitative estimate of drug-likeness (QED) is 0.785. The number of anilines is 1. The van der Waals surface area contributed by atoms with E-state index in [1.54, 1.807) is 0 Å². The number of primary amides is 1. The Balaban J connectivity index is 2.55. The van der Waals surface area contributed by atoms with Crippen LogP contribution in [0.4, 0.5) is 18.7 Å². The zero-order chi connectivity index (χ0) is 11.0. The van der Waals surface area contributed by atoms with Crippen molar-refractivity contribution in [3.8, 4) is 0 Å². The van der Waals surface area contributed by atoms with Crippen LogP contribution < -0.4 is 11.1 Å². The van der Waals surface area contributed by atoms with Crippen LogP contribution >= 0.6 is 11.3 Å². The highest BCUT2D eigenvalue weighted by atomic mass is 32.1. The minimum absolute atomic E-state index is 0.0187. The van der Waals surface area contributed by atoms with Crippen LogP contribution in [0.2, 0.25) is 0 Å². The Hall–Kier alpha value is -1.76. The van der Waals surface area contributed by atoms with E-state index in [0.29, 0.717) is 4.70 Å². The molecule has 0 atom stereocenters. The summed E-state index contributed by atoms with van der Waals surface area (Å²) in [5.41, 5.74) is 4.88. The van der Waals surface area contributed by atoms with Crippen LogP contribution in [-0.2, 0) is 0 Å². The van der Waals surface area contributed by atoms with E-state index in [1.807, 2.05) is 0 Å². The molecule has 0 spiro atoms. The Morgan fingerprint density at radius 3 is 2.87 bits per heavy atom. The Labute approximate surface area is 86.7 Å². The van der Waals surface area contributed by atoms with E-state index in [9.17, 15) is 13.6 Å². The van der Waals surface area contributed by atoms with Gasteiger partial charge in [0.15, 0.2) is 10.9 Å². The fourth-order valence-electron chi connectivity index (χ4n) is 1.12. The molecule has 0 fully saturated rings. The van der Waals surface area contributed by atoms with E-state index in [0.717, 1.165) is 23.5 Å². The first-order chi connectivity index (χ1) is 7.06. The summed E-state index contributed by atoms with van der Waals surface area (Å²) < 4.78 is 26.3. The van der Waals surface area contributed by atoms with E-state index in [2.05, 4.69) is 10.3 Å². The fraction of sp³-hybridized carbons (Fsp3) is 0. The molecule has 0 radical (unpaired) electrons. The SMILES string of the molecule is NC(=O)Nc1nc2c(F)cc(F)cc2s1. The summed E-state index contributed by atoms with van der Waals surface area (Å²) in [6.45, 7) is 0. The van der Waals surface area contributed by atoms with Crippen molar-refractivity contribution in [2.45, 2.75) is 0 Å². The first-order valence-corrected chi connectivity index (χ1v) is 4.70. The highest BCUT2D eigenvalue weighted by molar-refractivity contribution is 7.22. The molecule has 2 amide bonds. The Bertz CT molecular complexity index is 540. The molecule has 78 valence electrons. The molecular weight excluding hydrogens is 224 g/mol. The average Bonchev–Trinajstić information content (AvgIpc) is 2.45. The molecule has 0 unspecified atom stereocenters. The number of aromatic nitrogens is 1. The molecule has 3 N–H and O–H groups in total. The topological polar surface area (TPSA) is 68.0 Å². The molecule has 0 aliphatic carbocycles. The first-order valence-electron chi connectivity index (χ1n) is 3.88. The predicted octanol–water partition coefficient (Wildman–Crippen LogP) is 2.07. The van der Waals surface area contributed by atoms with Gasteiger partial charge in [-0.1, -0.05) is 11.3 Å². The Kier molecular flexibility index (Phi) is 2.24. The van der Waals surface area contributed by atoms with Gasteiger partial charge in [0.05, 0.1) is 4.70 Å². The van der Waals surface area contributed by atoms with E-state index < -0.39 is 17.7 Å². The summed E-state index contributed by atoms with van der Waals surface area (Å²) in [6, 6.07) is 1.08. The largest absolute Gasteiger partial charge is 0.351 e. The lowest BCUT2D eigenvalue weighted by Crippen LogP contribution is -2.18. The third-order valence-electron chi connectivity index (χ3n) is 1.64. The second-order valence-corrected chi connectivity index (χ2v) is 3.77. The summed E-state index contributed by atoms with van der Waals surface area (Å²) in [5, 5.41) is 2.34. The van der Waals surface area contributed by atoms with Crippen LogP contribution in [0.15, 0.2) is 12.1 Å². The van der Waals surface area contributed by atoms with E-state index in [4.69, 9.17) is 5.73 Å². The number of fused-ring (bicyclic) bond motifs is 1. The van der Waals surface area contributed by atoms with Gasteiger partial charge >= 0.3 is 6.03 Å². The third-order valence-corrected chi connectivity index (χ3v) is 2.56. The summed E-state index contributed by atoms with van der Waals surface area (Å²) in [6.07, 6.45) is 0. The van der Waals surface area contributed by atoms with Crippen LogP contribution in [0.25, 0.3) is 10.2 Å². The zero-order valence-electron chi connectivity index (χ0n) is 7.25. The molecule has 1 aromatic carbocycles. The number of urea groups is 1. The summed E-state index contributed by atoms with van der Waals surface area (Å²) in [5.74, 6) is -1.45. The molecule has 0 bridgehead atoms. The van der Waals surface area contributed by atoms with Crippen molar-refractivity contribution < 1.29 is 13.6 Å². The molecule has 2 aromatic rings. The standard InChI is InChI=1S/C8H5F2N3OS/c9-3-1-4(10)6-5(2-3)15-8(12-6)13-7(11)14/h1-2H,(H3,11,12,13,14). The van der Waals surface area contributed by atoms with Crippen molar-refractivity contribution in [3.05, 3.63) is 23.8 Å². The van der Waals surface area contributed by atoms with Crippen molar-refractivity contribution in [1.29, 1.82) is 0 Å². The van der Waals surface area contributed by atoms with Gasteiger partial charge in [0.2, 0.25) is 0 Å². The number of amides is 2. The molecule has 7 heteroatoms. The molecule has 1 aromatic heterocycles. The molecule has 4 nitrogen and oxygen atoms in total. The highest BCUT2D eigenvalue weighted by Crippen LogP contribution is 2.28. The molecule has 0 aliphatic rings. The lowest BCUT2D eigenvalue weighted by Gasteiger charge is -1.91. The molecule has 2 rings (SSSR count). The second-order valence-electron chi connectivity index (χ2n) is 2.74. The Morgan fingerprint density at radius 2 is 2.20 bits per heavy atom. The summed E-state index contributed by atoms with van der Waals surface area (Å²) >= 11 is 0.951. The maximum atomic E-state index is 13.2. The smallest absolute Gasteiger partial charge is 0.318 e. The van der Waals surface area contributed by atoms with Crippen LogP contribution in [0, 0.1) is 11.6 Å². The molecule has 0 saturated carbocycles. The van der Waals surface area contributed by atoms with E-state index >= 15 is 0 Å². The van der Waals surface area contributed by atoms with Crippen LogP contribution in [0.5, 0.6) is 0 Å². The molecule has 0 aliphatic heterocycles. The van der Waals surface area contributed by atoms with Crippen molar-refractivity contribution in [3.63, 3.8) is 0 Å². The van der Waals surface area contributed by atoms with E-state index in [1.165, 1.54) is 0 Å². The monoisotopic (exact) mass is 229 g/mol. The van der Waals surface area contributed by atoms with Crippen LogP contribution in [-0.4, -0.2) is 11.0 Å². The number of rotatable bonds is 1. The summed E-state index contributed by atoms with van der Waals surface area (Å²) in [7, 11) is 0. The molecular formula is C8H5F2N3OS. The van der Waals surface area contributed by atoms with Gasteiger partial charge in [-0.05, 0) is 6.07 Å². The van der Waals surface area contributed by atoms with Crippen molar-refractivity contribution >= 4 is 32.7 Å². The number of nitrogens with one attached hydrogen (secondary N) is 1. The average molecular weight is 229 g/mol. The predicted molar refractivity (Wildman–Crippen MR) is 52.7 cm³/mol. The number of hydrogen-bond acceptors (Lipinski definition) is 3. The number of carbonyl (C=O) groups excluding carboxylic acids is 1. The van der Waals surface area contributed by atoms with Gasteiger partial charge in [-0.3, -0.25) is 5.32 Å². The minimum atomic E-state index is -0.796. The summed E-state index contributed by atoms with van der Waals surface area (Å²) in [4.78, 5) is 14.3. The maximum Gasteiger partial charge on any atom is 0.318 e. The molecule has 0 saturated heterocycles. The normalized spacial score (nSPS) is 10.5. The third kappa shape index (κ3) is 1.86. The Morgan fingerprint density at radius 1 is 1.47 bits per heavy atom. The van der Waals surface area contributed by atoms with Gasteiger partial charge < -0.3 is 5.73 Å². The number of thiazole rings is 1. The number of hydrogen-bond donors (Lipinski definition) is 2. The molecule has 15 heavy (non-hydrogen) atoms. The minimum Gasteiger partial charge on any atom is -0.351 e. The lowest BCUT2D eigenvalue weighted by atomic mass is 10.3. The van der Waals surface area contributed by atoms with Gasteiger partial charge in [-0.25, -0.2) is 18.6 Å². The van der Waals surface area contributed by atoms with Crippen molar-refractivity contribution in [2.75, 3.05) is 5.32 Å². The number of nitrogens with two attached hydrogens (primary N) is 1. The van der Waals surface area contributed by atoms with E-state index in [-0.39, 0.29) is 10.6 Å². The number of benzene rings is 1. The second kappa shape index (κ2) is 3.43. The number of carbonyl (C=O) groups is 1. The number of nitrogens with zero attached hydrogens (tertiary/aromatic N) is 1. The fourth-order valence-corrected chi connectivity index (χ4v) is 2.02. The highest BCUT2D eigenvalue weighted by Gasteiger charge is 2.10. The first kappa shape index (κ1) is 9.78. The van der Waals surface area contributed by atoms with Gasteiger partial charge in [-0.2, -0.15) is 0 Å². The molecule has 1 heterocycles. The van der Waals surface area contributed by atoms with Crippen LogP contribution in [0.3, 0.4) is 0 Å². The van der Waals surface area contributed by atoms with Crippen molar-refractivity contribution in [2.24, 2.45) is 5.73 Å². The lowest BCUT2D eigenvalue weighted by molar-refractivity contribution is 0.259. The van der Waals surface area contributed by atoms with Crippen LogP contribution in [0.1, 0.15) is 0 Å². The zero-order valence-corrected chi connectivity index (χ0v) is 8.07. The van der Waals surface area contributed by atoms with Gasteiger partial charge in [-0.15, -0.1) is 0 Å². The number of halogens is 2. The van der Waals surface area contributed by atoms with Gasteiger partial charge in [0, 0.05) is 6.07 Å². The van der Waals surface area contributed by atoms with Gasteiger partial charge in [0.1, 0.15) is 11.3 Å².